The number of fused-ring (bicyclic) bond motifs is 1. The molecule has 3 atom stereocenters. The Balaban J connectivity index is 1.80. The van der Waals surface area contributed by atoms with Crippen molar-refractivity contribution >= 4 is 0 Å². The van der Waals surface area contributed by atoms with Crippen LogP contribution in [-0.4, -0.2) is 11.5 Å². The minimum Gasteiger partial charge on any atom is -0.405 e. The Labute approximate surface area is 109 Å². The van der Waals surface area contributed by atoms with Crippen molar-refractivity contribution in [1.82, 2.24) is 0 Å². The monoisotopic (exact) mass is 272 g/mol. The van der Waals surface area contributed by atoms with Gasteiger partial charge in [-0.3, -0.25) is 0 Å². The van der Waals surface area contributed by atoms with Gasteiger partial charge in [0.2, 0.25) is 0 Å². The van der Waals surface area contributed by atoms with Gasteiger partial charge < -0.3 is 9.84 Å². The lowest BCUT2D eigenvalue weighted by Crippen LogP contribution is -2.19. The van der Waals surface area contributed by atoms with Crippen LogP contribution in [0.25, 0.3) is 0 Å². The minimum absolute atomic E-state index is 0.103. The second-order valence-electron chi connectivity index (χ2n) is 5.37. The quantitative estimate of drug-likeness (QED) is 0.909. The van der Waals surface area contributed by atoms with Gasteiger partial charge in [0.15, 0.2) is 0 Å². The highest BCUT2D eigenvalue weighted by atomic mass is 19.4. The van der Waals surface area contributed by atoms with Crippen LogP contribution in [0.3, 0.4) is 0 Å². The fraction of sp³-hybridized carbons (Fsp3) is 0.571. The molecule has 0 saturated heterocycles. The number of para-hydroxylation sites is 1. The van der Waals surface area contributed by atoms with E-state index in [1.165, 1.54) is 24.6 Å². The van der Waals surface area contributed by atoms with Gasteiger partial charge in [0, 0.05) is 5.56 Å². The summed E-state index contributed by atoms with van der Waals surface area (Å²) in [7, 11) is 0. The third kappa shape index (κ3) is 2.43. The molecule has 3 rings (SSSR count). The molecular formula is C14H15F3O2. The summed E-state index contributed by atoms with van der Waals surface area (Å²) in [5, 5.41) is 10.3. The van der Waals surface area contributed by atoms with E-state index in [0.29, 0.717) is 11.8 Å². The standard InChI is InChI=1S/C14H15F3O2/c15-14(16,17)19-11-7-2-1-4-10(11)13(18)12-8-5-3-6-9(8)12/h1-2,4,7-9,12-13,18H,3,5-6H2. The molecule has 19 heavy (non-hydrogen) atoms. The van der Waals surface area contributed by atoms with Crippen LogP contribution in [0.2, 0.25) is 0 Å². The van der Waals surface area contributed by atoms with Crippen molar-refractivity contribution in [3.63, 3.8) is 0 Å². The molecule has 0 heterocycles. The molecule has 0 aromatic heterocycles. The Morgan fingerprint density at radius 1 is 1.16 bits per heavy atom. The number of rotatable bonds is 3. The van der Waals surface area contributed by atoms with Gasteiger partial charge in [-0.1, -0.05) is 24.6 Å². The predicted octanol–water partition coefficient (Wildman–Crippen LogP) is 3.66. The topological polar surface area (TPSA) is 29.5 Å². The molecule has 2 fully saturated rings. The van der Waals surface area contributed by atoms with Crippen molar-refractivity contribution < 1.29 is 23.0 Å². The van der Waals surface area contributed by atoms with Crippen LogP contribution < -0.4 is 4.74 Å². The fourth-order valence-electron chi connectivity index (χ4n) is 3.50. The number of aliphatic hydroxyl groups excluding tert-OH is 1. The molecule has 1 aromatic rings. The van der Waals surface area contributed by atoms with Crippen LogP contribution in [0.5, 0.6) is 5.75 Å². The zero-order valence-corrected chi connectivity index (χ0v) is 10.2. The van der Waals surface area contributed by atoms with Crippen LogP contribution >= 0.6 is 0 Å². The second kappa shape index (κ2) is 4.40. The fourth-order valence-corrected chi connectivity index (χ4v) is 3.50. The van der Waals surface area contributed by atoms with Crippen LogP contribution in [0, 0.1) is 17.8 Å². The van der Waals surface area contributed by atoms with E-state index in [4.69, 9.17) is 0 Å². The van der Waals surface area contributed by atoms with Gasteiger partial charge in [0.25, 0.3) is 0 Å². The van der Waals surface area contributed by atoms with Gasteiger partial charge in [-0.2, -0.15) is 0 Å². The SMILES string of the molecule is OC(c1ccccc1OC(F)(F)F)C1C2CCCC21. The normalized spacial score (nSPS) is 30.8. The van der Waals surface area contributed by atoms with E-state index in [9.17, 15) is 18.3 Å². The lowest BCUT2D eigenvalue weighted by molar-refractivity contribution is -0.275. The Hall–Kier alpha value is -1.23. The van der Waals surface area contributed by atoms with E-state index in [0.717, 1.165) is 12.8 Å². The molecule has 2 aliphatic carbocycles. The maximum Gasteiger partial charge on any atom is 0.573 e. The van der Waals surface area contributed by atoms with Gasteiger partial charge in [0.1, 0.15) is 5.75 Å². The lowest BCUT2D eigenvalue weighted by atomic mass is 9.99. The Morgan fingerprint density at radius 2 is 1.79 bits per heavy atom. The number of alkyl halides is 3. The Morgan fingerprint density at radius 3 is 2.42 bits per heavy atom. The summed E-state index contributed by atoms with van der Waals surface area (Å²) in [6.45, 7) is 0. The van der Waals surface area contributed by atoms with Crippen molar-refractivity contribution in [2.45, 2.75) is 31.7 Å². The largest absolute Gasteiger partial charge is 0.573 e. The molecule has 1 aromatic carbocycles. The summed E-state index contributed by atoms with van der Waals surface area (Å²) in [6, 6.07) is 5.87. The summed E-state index contributed by atoms with van der Waals surface area (Å²) in [4.78, 5) is 0. The summed E-state index contributed by atoms with van der Waals surface area (Å²) < 4.78 is 41.0. The third-order valence-electron chi connectivity index (χ3n) is 4.30. The highest BCUT2D eigenvalue weighted by molar-refractivity contribution is 5.36. The molecule has 0 aliphatic heterocycles. The van der Waals surface area contributed by atoms with Gasteiger partial charge in [0.05, 0.1) is 6.10 Å². The summed E-state index contributed by atoms with van der Waals surface area (Å²) in [6.07, 6.45) is -2.26. The van der Waals surface area contributed by atoms with Crippen molar-refractivity contribution in [3.05, 3.63) is 29.8 Å². The highest BCUT2D eigenvalue weighted by Crippen LogP contribution is 2.62. The number of aliphatic hydroxyl groups is 1. The average Bonchev–Trinajstić information content (AvgIpc) is 2.80. The molecule has 2 saturated carbocycles. The van der Waals surface area contributed by atoms with E-state index >= 15 is 0 Å². The smallest absolute Gasteiger partial charge is 0.405 e. The van der Waals surface area contributed by atoms with E-state index in [2.05, 4.69) is 4.74 Å². The van der Waals surface area contributed by atoms with E-state index in [1.54, 1.807) is 6.07 Å². The van der Waals surface area contributed by atoms with Crippen LogP contribution in [0.4, 0.5) is 13.2 Å². The highest BCUT2D eigenvalue weighted by Gasteiger charge is 2.56. The Kier molecular flexibility index (Phi) is 2.96. The van der Waals surface area contributed by atoms with Crippen molar-refractivity contribution in [2.75, 3.05) is 0 Å². The maximum absolute atomic E-state index is 12.3. The van der Waals surface area contributed by atoms with Gasteiger partial charge >= 0.3 is 6.36 Å². The van der Waals surface area contributed by atoms with Crippen LogP contribution in [0.1, 0.15) is 30.9 Å². The van der Waals surface area contributed by atoms with Crippen molar-refractivity contribution in [1.29, 1.82) is 0 Å². The minimum atomic E-state index is -4.73. The zero-order chi connectivity index (χ0) is 13.6. The first kappa shape index (κ1) is 12.8. The first-order chi connectivity index (χ1) is 8.97. The van der Waals surface area contributed by atoms with Gasteiger partial charge in [-0.05, 0) is 36.7 Å². The number of hydrogen-bond donors (Lipinski definition) is 1. The number of benzene rings is 1. The third-order valence-corrected chi connectivity index (χ3v) is 4.30. The molecule has 3 unspecified atom stereocenters. The molecule has 5 heteroatoms. The van der Waals surface area contributed by atoms with E-state index < -0.39 is 12.5 Å². The van der Waals surface area contributed by atoms with Crippen molar-refractivity contribution in [3.8, 4) is 5.75 Å². The predicted molar refractivity (Wildman–Crippen MR) is 62.4 cm³/mol. The molecule has 0 radical (unpaired) electrons. The van der Waals surface area contributed by atoms with E-state index in [-0.39, 0.29) is 17.2 Å². The first-order valence-electron chi connectivity index (χ1n) is 6.50. The molecule has 104 valence electrons. The van der Waals surface area contributed by atoms with Gasteiger partial charge in [-0.15, -0.1) is 13.2 Å². The number of halogens is 3. The number of hydrogen-bond acceptors (Lipinski definition) is 2. The molecule has 2 nitrogen and oxygen atoms in total. The van der Waals surface area contributed by atoms with Crippen molar-refractivity contribution in [2.24, 2.45) is 17.8 Å². The molecule has 0 spiro atoms. The maximum atomic E-state index is 12.3. The van der Waals surface area contributed by atoms with Gasteiger partial charge in [-0.25, -0.2) is 0 Å². The molecule has 2 aliphatic rings. The van der Waals surface area contributed by atoms with E-state index in [1.807, 2.05) is 0 Å². The lowest BCUT2D eigenvalue weighted by Gasteiger charge is -2.18. The summed E-state index contributed by atoms with van der Waals surface area (Å²) in [5.41, 5.74) is 0.249. The summed E-state index contributed by atoms with van der Waals surface area (Å²) >= 11 is 0. The molecule has 0 amide bonds. The molecule has 1 N–H and O–H groups in total. The Bertz CT molecular complexity index is 462. The molecule has 0 bridgehead atoms. The zero-order valence-electron chi connectivity index (χ0n) is 10.2. The molecular weight excluding hydrogens is 257 g/mol. The number of ether oxygens (including phenoxy) is 1. The first-order valence-corrected chi connectivity index (χ1v) is 6.50. The average molecular weight is 272 g/mol. The summed E-state index contributed by atoms with van der Waals surface area (Å²) in [5.74, 6) is 0.780. The second-order valence-corrected chi connectivity index (χ2v) is 5.37. The van der Waals surface area contributed by atoms with Crippen LogP contribution in [-0.2, 0) is 0 Å². The van der Waals surface area contributed by atoms with Crippen LogP contribution in [0.15, 0.2) is 24.3 Å².